The van der Waals surface area contributed by atoms with Crippen LogP contribution in [0.25, 0.3) is 11.0 Å². The summed E-state index contributed by atoms with van der Waals surface area (Å²) < 4.78 is 0.687. The first-order chi connectivity index (χ1) is 9.01. The molecule has 1 atom stereocenters. The monoisotopic (exact) mass is 326 g/mol. The first kappa shape index (κ1) is 13.8. The number of carbonyl (C=O) groups excluding carboxylic acids is 1. The maximum absolute atomic E-state index is 11.9. The van der Waals surface area contributed by atoms with E-state index in [0.717, 1.165) is 6.42 Å². The second-order valence-corrected chi connectivity index (χ2v) is 5.20. The average Bonchev–Trinajstić information content (AvgIpc) is 2.69. The summed E-state index contributed by atoms with van der Waals surface area (Å²) >= 11 is 3.35. The largest absolute Gasteiger partial charge is 0.324 e. The van der Waals surface area contributed by atoms with Crippen molar-refractivity contribution in [2.24, 2.45) is 5.73 Å². The van der Waals surface area contributed by atoms with Crippen LogP contribution in [0.15, 0.2) is 21.4 Å². The Hall–Kier alpha value is -1.60. The van der Waals surface area contributed by atoms with Crippen LogP contribution in [-0.4, -0.2) is 21.9 Å². The van der Waals surface area contributed by atoms with Crippen LogP contribution in [0.3, 0.4) is 0 Å². The summed E-state index contributed by atoms with van der Waals surface area (Å²) in [7, 11) is 0. The van der Waals surface area contributed by atoms with Gasteiger partial charge < -0.3 is 21.0 Å². The van der Waals surface area contributed by atoms with Crippen molar-refractivity contribution in [2.45, 2.75) is 25.8 Å². The summed E-state index contributed by atoms with van der Waals surface area (Å²) in [6.07, 6.45) is 1.48. The topological polar surface area (TPSA) is 104 Å². The van der Waals surface area contributed by atoms with E-state index in [0.29, 0.717) is 27.6 Å². The number of nitrogens with two attached hydrogens (primary N) is 1. The Morgan fingerprint density at radius 3 is 2.68 bits per heavy atom. The number of carbonyl (C=O) groups is 1. The number of aromatic nitrogens is 2. The number of H-pyrrole nitrogens is 2. The van der Waals surface area contributed by atoms with Crippen molar-refractivity contribution >= 4 is 38.6 Å². The smallest absolute Gasteiger partial charge is 0.323 e. The standard InChI is InChI=1S/C12H15BrN4O2/c1-2-3-7(14)11(18)15-8-5-10-9(4-6(8)13)16-12(19)17-10/h4-5,7H,2-3,14H2,1H3,(H,15,18)(H2,16,17,19). The highest BCUT2D eigenvalue weighted by molar-refractivity contribution is 9.10. The molecule has 0 spiro atoms. The molecule has 19 heavy (non-hydrogen) atoms. The summed E-state index contributed by atoms with van der Waals surface area (Å²) in [6, 6.07) is 2.89. The van der Waals surface area contributed by atoms with E-state index in [-0.39, 0.29) is 11.6 Å². The number of hydrogen-bond donors (Lipinski definition) is 4. The van der Waals surface area contributed by atoms with Crippen molar-refractivity contribution < 1.29 is 4.79 Å². The molecule has 0 aliphatic heterocycles. The third kappa shape index (κ3) is 3.05. The predicted molar refractivity (Wildman–Crippen MR) is 78.1 cm³/mol. The number of hydrogen-bond acceptors (Lipinski definition) is 3. The molecule has 2 rings (SSSR count). The first-order valence-corrected chi connectivity index (χ1v) is 6.78. The molecular weight excluding hydrogens is 312 g/mol. The quantitative estimate of drug-likeness (QED) is 0.687. The number of fused-ring (bicyclic) bond motifs is 1. The van der Waals surface area contributed by atoms with Gasteiger partial charge in [0.2, 0.25) is 5.91 Å². The van der Waals surface area contributed by atoms with Gasteiger partial charge in [-0.1, -0.05) is 13.3 Å². The molecule has 0 saturated heterocycles. The van der Waals surface area contributed by atoms with Gasteiger partial charge in [-0.25, -0.2) is 4.79 Å². The molecule has 2 aromatic rings. The van der Waals surface area contributed by atoms with Crippen LogP contribution in [0, 0.1) is 0 Å². The Kier molecular flexibility index (Phi) is 4.06. The minimum absolute atomic E-state index is 0.236. The molecule has 0 saturated carbocycles. The van der Waals surface area contributed by atoms with Crippen LogP contribution in [0.4, 0.5) is 5.69 Å². The molecule has 0 radical (unpaired) electrons. The van der Waals surface area contributed by atoms with Gasteiger partial charge in [0.1, 0.15) is 0 Å². The fourth-order valence-corrected chi connectivity index (χ4v) is 2.26. The van der Waals surface area contributed by atoms with Gasteiger partial charge in [0.05, 0.1) is 22.8 Å². The second-order valence-electron chi connectivity index (χ2n) is 4.34. The molecular formula is C12H15BrN4O2. The zero-order valence-electron chi connectivity index (χ0n) is 10.4. The fraction of sp³-hybridized carbons (Fsp3) is 0.333. The Bertz CT molecular complexity index is 661. The number of imidazole rings is 1. The number of rotatable bonds is 4. The van der Waals surface area contributed by atoms with Crippen LogP contribution >= 0.6 is 15.9 Å². The van der Waals surface area contributed by atoms with Crippen LogP contribution in [0.1, 0.15) is 19.8 Å². The van der Waals surface area contributed by atoms with Gasteiger partial charge in [-0.15, -0.1) is 0 Å². The highest BCUT2D eigenvalue weighted by Crippen LogP contribution is 2.26. The molecule has 1 unspecified atom stereocenters. The Labute approximate surface area is 117 Å². The van der Waals surface area contributed by atoms with Gasteiger partial charge in [-0.2, -0.15) is 0 Å². The van der Waals surface area contributed by atoms with Crippen LogP contribution in [0.2, 0.25) is 0 Å². The molecule has 6 nitrogen and oxygen atoms in total. The van der Waals surface area contributed by atoms with Crippen LogP contribution in [0.5, 0.6) is 0 Å². The third-order valence-electron chi connectivity index (χ3n) is 2.80. The molecule has 1 heterocycles. The number of halogens is 1. The Morgan fingerprint density at radius 2 is 2.05 bits per heavy atom. The highest BCUT2D eigenvalue weighted by atomic mass is 79.9. The molecule has 102 valence electrons. The second kappa shape index (κ2) is 5.58. The molecule has 1 aromatic heterocycles. The van der Waals surface area contributed by atoms with Crippen molar-refractivity contribution in [1.29, 1.82) is 0 Å². The molecule has 0 aliphatic carbocycles. The van der Waals surface area contributed by atoms with Crippen LogP contribution < -0.4 is 16.7 Å². The van der Waals surface area contributed by atoms with Gasteiger partial charge in [-0.3, -0.25) is 4.79 Å². The van der Waals surface area contributed by atoms with E-state index in [1.165, 1.54) is 0 Å². The number of amides is 1. The lowest BCUT2D eigenvalue weighted by Crippen LogP contribution is -2.35. The van der Waals surface area contributed by atoms with E-state index in [1.807, 2.05) is 6.92 Å². The van der Waals surface area contributed by atoms with Crippen molar-refractivity contribution in [3.05, 3.63) is 27.1 Å². The fourth-order valence-electron chi connectivity index (χ4n) is 1.82. The zero-order chi connectivity index (χ0) is 14.0. The molecule has 0 fully saturated rings. The zero-order valence-corrected chi connectivity index (χ0v) is 12.0. The predicted octanol–water partition coefficient (Wildman–Crippen LogP) is 1.68. The van der Waals surface area contributed by atoms with E-state index < -0.39 is 6.04 Å². The lowest BCUT2D eigenvalue weighted by atomic mass is 10.1. The van der Waals surface area contributed by atoms with Gasteiger partial charge in [0.15, 0.2) is 0 Å². The Balaban J connectivity index is 2.27. The summed E-state index contributed by atoms with van der Waals surface area (Å²) in [5.74, 6) is -0.236. The van der Waals surface area contributed by atoms with Crippen molar-refractivity contribution in [2.75, 3.05) is 5.32 Å². The SMILES string of the molecule is CCCC(N)C(=O)Nc1cc2[nH]c(=O)[nH]c2cc1Br. The lowest BCUT2D eigenvalue weighted by molar-refractivity contribution is -0.117. The van der Waals surface area contributed by atoms with Gasteiger partial charge in [-0.05, 0) is 34.5 Å². The molecule has 0 aliphatic rings. The normalized spacial score (nSPS) is 12.6. The third-order valence-corrected chi connectivity index (χ3v) is 3.45. The molecule has 5 N–H and O–H groups in total. The first-order valence-electron chi connectivity index (χ1n) is 5.99. The highest BCUT2D eigenvalue weighted by Gasteiger charge is 2.14. The van der Waals surface area contributed by atoms with Gasteiger partial charge in [0, 0.05) is 4.47 Å². The number of aromatic amines is 2. The Morgan fingerprint density at radius 1 is 1.42 bits per heavy atom. The number of anilines is 1. The van der Waals surface area contributed by atoms with E-state index in [2.05, 4.69) is 31.2 Å². The van der Waals surface area contributed by atoms with Crippen molar-refractivity contribution in [3.63, 3.8) is 0 Å². The number of benzene rings is 1. The van der Waals surface area contributed by atoms with E-state index >= 15 is 0 Å². The van der Waals surface area contributed by atoms with Gasteiger partial charge >= 0.3 is 5.69 Å². The van der Waals surface area contributed by atoms with Gasteiger partial charge in [0.25, 0.3) is 0 Å². The molecule has 7 heteroatoms. The van der Waals surface area contributed by atoms with Crippen molar-refractivity contribution in [1.82, 2.24) is 9.97 Å². The minimum atomic E-state index is -0.530. The van der Waals surface area contributed by atoms with E-state index in [1.54, 1.807) is 12.1 Å². The summed E-state index contributed by atoms with van der Waals surface area (Å²) in [4.78, 5) is 28.3. The van der Waals surface area contributed by atoms with E-state index in [4.69, 9.17) is 5.73 Å². The summed E-state index contributed by atoms with van der Waals surface area (Å²) in [6.45, 7) is 1.97. The molecule has 1 amide bonds. The molecule has 0 bridgehead atoms. The maximum Gasteiger partial charge on any atom is 0.323 e. The maximum atomic E-state index is 11.9. The lowest BCUT2D eigenvalue weighted by Gasteiger charge is -2.12. The van der Waals surface area contributed by atoms with Crippen molar-refractivity contribution in [3.8, 4) is 0 Å². The minimum Gasteiger partial charge on any atom is -0.324 e. The summed E-state index contributed by atoms with van der Waals surface area (Å²) in [5.41, 5.74) is 7.36. The number of nitrogens with one attached hydrogen (secondary N) is 3. The van der Waals surface area contributed by atoms with Crippen LogP contribution in [-0.2, 0) is 4.79 Å². The van der Waals surface area contributed by atoms with E-state index in [9.17, 15) is 9.59 Å². The molecule has 1 aromatic carbocycles. The average molecular weight is 327 g/mol. The summed E-state index contributed by atoms with van der Waals surface area (Å²) in [5, 5.41) is 2.75.